The molecule has 0 radical (unpaired) electrons. The zero-order chi connectivity index (χ0) is 22.6. The molecule has 6 nitrogen and oxygen atoms in total. The minimum Gasteiger partial charge on any atom is -0.326 e. The predicted molar refractivity (Wildman–Crippen MR) is 129 cm³/mol. The zero-order valence-electron chi connectivity index (χ0n) is 18.1. The number of aryl methyl sites for hydroxylation is 1. The minimum atomic E-state index is -0.0741. The summed E-state index contributed by atoms with van der Waals surface area (Å²) in [5.74, 6) is -0.0942. The normalized spacial score (nSPS) is 12.4. The molecule has 33 heavy (non-hydrogen) atoms. The summed E-state index contributed by atoms with van der Waals surface area (Å²) >= 11 is 0. The lowest BCUT2D eigenvalue weighted by Gasteiger charge is -2.17. The van der Waals surface area contributed by atoms with E-state index >= 15 is 0 Å². The Balaban J connectivity index is 1.16. The number of nitrogens with one attached hydrogen (secondary N) is 1. The second-order valence-electron chi connectivity index (χ2n) is 8.09. The summed E-state index contributed by atoms with van der Waals surface area (Å²) < 4.78 is 1.81. The highest BCUT2D eigenvalue weighted by Gasteiger charge is 2.25. The number of benzene rings is 3. The molecule has 0 saturated heterocycles. The standard InChI is InChI=1S/C27H24N4O2/c32-26(15-10-20-18-28-31(19-20)24-7-2-1-3-8-24)29-23-13-11-22(12-14-23)27(33)30-17-16-21-6-4-5-9-25(21)30/h1-9,11-14,18-19H,10,15-17H2,(H,29,32). The number of carbonyl (C=O) groups is 2. The smallest absolute Gasteiger partial charge is 0.258 e. The molecule has 0 bridgehead atoms. The highest BCUT2D eigenvalue weighted by molar-refractivity contribution is 6.07. The second-order valence-corrected chi connectivity index (χ2v) is 8.09. The first-order valence-electron chi connectivity index (χ1n) is 11.1. The molecule has 0 spiro atoms. The van der Waals surface area contributed by atoms with Crippen LogP contribution in [0.1, 0.15) is 27.9 Å². The van der Waals surface area contributed by atoms with Crippen LogP contribution >= 0.6 is 0 Å². The van der Waals surface area contributed by atoms with Crippen LogP contribution in [0.2, 0.25) is 0 Å². The van der Waals surface area contributed by atoms with Gasteiger partial charge in [0.1, 0.15) is 0 Å². The van der Waals surface area contributed by atoms with Gasteiger partial charge in [-0.25, -0.2) is 4.68 Å². The monoisotopic (exact) mass is 436 g/mol. The number of amides is 2. The van der Waals surface area contributed by atoms with Crippen LogP contribution in [0.25, 0.3) is 5.69 Å². The van der Waals surface area contributed by atoms with Crippen LogP contribution in [0.5, 0.6) is 0 Å². The van der Waals surface area contributed by atoms with Gasteiger partial charge in [-0.1, -0.05) is 36.4 Å². The third-order valence-electron chi connectivity index (χ3n) is 5.85. The van der Waals surface area contributed by atoms with E-state index in [9.17, 15) is 9.59 Å². The van der Waals surface area contributed by atoms with E-state index < -0.39 is 0 Å². The number of aromatic nitrogens is 2. The van der Waals surface area contributed by atoms with Crippen molar-refractivity contribution in [2.75, 3.05) is 16.8 Å². The summed E-state index contributed by atoms with van der Waals surface area (Å²) in [7, 11) is 0. The van der Waals surface area contributed by atoms with Gasteiger partial charge in [0.25, 0.3) is 5.91 Å². The SMILES string of the molecule is O=C(CCc1cnn(-c2ccccc2)c1)Nc1ccc(C(=O)N2CCc3ccccc32)cc1. The van der Waals surface area contributed by atoms with Gasteiger partial charge in [0.2, 0.25) is 5.91 Å². The van der Waals surface area contributed by atoms with Crippen LogP contribution in [0.4, 0.5) is 11.4 Å². The summed E-state index contributed by atoms with van der Waals surface area (Å²) in [6, 6.07) is 25.0. The molecule has 1 N–H and O–H groups in total. The van der Waals surface area contributed by atoms with E-state index in [1.807, 2.05) is 64.3 Å². The van der Waals surface area contributed by atoms with Crippen molar-refractivity contribution in [2.24, 2.45) is 0 Å². The number of anilines is 2. The van der Waals surface area contributed by atoms with E-state index in [1.54, 1.807) is 30.5 Å². The topological polar surface area (TPSA) is 67.2 Å². The first-order valence-corrected chi connectivity index (χ1v) is 11.1. The van der Waals surface area contributed by atoms with Gasteiger partial charge in [0.15, 0.2) is 0 Å². The molecule has 164 valence electrons. The van der Waals surface area contributed by atoms with Gasteiger partial charge in [0, 0.05) is 36.1 Å². The average Bonchev–Trinajstić information content (AvgIpc) is 3.51. The van der Waals surface area contributed by atoms with Crippen molar-refractivity contribution in [2.45, 2.75) is 19.3 Å². The van der Waals surface area contributed by atoms with Gasteiger partial charge in [-0.2, -0.15) is 5.10 Å². The van der Waals surface area contributed by atoms with Gasteiger partial charge >= 0.3 is 0 Å². The molecule has 1 aliphatic rings. The summed E-state index contributed by atoms with van der Waals surface area (Å²) in [5.41, 5.74) is 5.46. The molecule has 2 heterocycles. The molecular formula is C27H24N4O2. The predicted octanol–water partition coefficient (Wildman–Crippen LogP) is 4.65. The molecule has 0 saturated carbocycles. The third kappa shape index (κ3) is 4.55. The number of para-hydroxylation sites is 2. The summed E-state index contributed by atoms with van der Waals surface area (Å²) in [6.07, 6.45) is 5.56. The number of hydrogen-bond acceptors (Lipinski definition) is 3. The highest BCUT2D eigenvalue weighted by atomic mass is 16.2. The van der Waals surface area contributed by atoms with Crippen LogP contribution in [0.15, 0.2) is 91.3 Å². The summed E-state index contributed by atoms with van der Waals surface area (Å²) in [4.78, 5) is 27.2. The van der Waals surface area contributed by atoms with Gasteiger partial charge in [-0.3, -0.25) is 9.59 Å². The van der Waals surface area contributed by atoms with E-state index in [1.165, 1.54) is 5.56 Å². The van der Waals surface area contributed by atoms with Gasteiger partial charge < -0.3 is 10.2 Å². The quantitative estimate of drug-likeness (QED) is 0.479. The van der Waals surface area contributed by atoms with Crippen molar-refractivity contribution in [3.8, 4) is 5.69 Å². The number of rotatable bonds is 6. The summed E-state index contributed by atoms with van der Waals surface area (Å²) in [6.45, 7) is 0.692. The third-order valence-corrected chi connectivity index (χ3v) is 5.85. The maximum absolute atomic E-state index is 12.9. The van der Waals surface area contributed by atoms with Crippen molar-refractivity contribution in [3.05, 3.63) is 108 Å². The van der Waals surface area contributed by atoms with E-state index in [4.69, 9.17) is 0 Å². The van der Waals surface area contributed by atoms with Crippen molar-refractivity contribution in [1.82, 2.24) is 9.78 Å². The Labute approximate surface area is 192 Å². The average molecular weight is 437 g/mol. The molecule has 2 amide bonds. The molecule has 0 aliphatic carbocycles. The molecule has 3 aromatic carbocycles. The lowest BCUT2D eigenvalue weighted by Crippen LogP contribution is -2.28. The fourth-order valence-corrected chi connectivity index (χ4v) is 4.09. The van der Waals surface area contributed by atoms with Crippen molar-refractivity contribution < 1.29 is 9.59 Å². The number of fused-ring (bicyclic) bond motifs is 1. The Bertz CT molecular complexity index is 1280. The van der Waals surface area contributed by atoms with Crippen LogP contribution in [0, 0.1) is 0 Å². The fourth-order valence-electron chi connectivity index (χ4n) is 4.09. The molecule has 0 fully saturated rings. The minimum absolute atomic E-state index is 0.0201. The number of nitrogens with zero attached hydrogens (tertiary/aromatic N) is 3. The Hall–Kier alpha value is -4.19. The first kappa shape index (κ1) is 20.7. The number of hydrogen-bond donors (Lipinski definition) is 1. The van der Waals surface area contributed by atoms with Gasteiger partial charge in [-0.05, 0) is 66.4 Å². The molecule has 0 unspecified atom stereocenters. The van der Waals surface area contributed by atoms with Crippen molar-refractivity contribution >= 4 is 23.2 Å². The van der Waals surface area contributed by atoms with Crippen molar-refractivity contribution in [1.29, 1.82) is 0 Å². The Kier molecular flexibility index (Phi) is 5.72. The maximum atomic E-state index is 12.9. The van der Waals surface area contributed by atoms with E-state index in [2.05, 4.69) is 16.5 Å². The van der Waals surface area contributed by atoms with Gasteiger partial charge in [-0.15, -0.1) is 0 Å². The van der Waals surface area contributed by atoms with Crippen LogP contribution in [0.3, 0.4) is 0 Å². The van der Waals surface area contributed by atoms with Crippen LogP contribution < -0.4 is 10.2 Å². The molecule has 5 rings (SSSR count). The van der Waals surface area contributed by atoms with E-state index in [0.29, 0.717) is 30.6 Å². The first-order chi connectivity index (χ1) is 16.2. The van der Waals surface area contributed by atoms with E-state index in [-0.39, 0.29) is 11.8 Å². The molecule has 0 atom stereocenters. The molecular weight excluding hydrogens is 412 g/mol. The number of carbonyl (C=O) groups excluding carboxylic acids is 2. The zero-order valence-corrected chi connectivity index (χ0v) is 18.1. The van der Waals surface area contributed by atoms with Gasteiger partial charge in [0.05, 0.1) is 11.9 Å². The Morgan fingerprint density at radius 3 is 2.48 bits per heavy atom. The molecule has 1 aliphatic heterocycles. The van der Waals surface area contributed by atoms with Crippen LogP contribution in [-0.4, -0.2) is 28.1 Å². The molecule has 6 heteroatoms. The van der Waals surface area contributed by atoms with Crippen LogP contribution in [-0.2, 0) is 17.6 Å². The Morgan fingerprint density at radius 2 is 1.67 bits per heavy atom. The molecule has 1 aromatic heterocycles. The fraction of sp³-hybridized carbons (Fsp3) is 0.148. The summed E-state index contributed by atoms with van der Waals surface area (Å²) in [5, 5.41) is 7.28. The maximum Gasteiger partial charge on any atom is 0.258 e. The lowest BCUT2D eigenvalue weighted by molar-refractivity contribution is -0.116. The second kappa shape index (κ2) is 9.12. The van der Waals surface area contributed by atoms with Crippen molar-refractivity contribution in [3.63, 3.8) is 0 Å². The Morgan fingerprint density at radius 1 is 0.909 bits per heavy atom. The highest BCUT2D eigenvalue weighted by Crippen LogP contribution is 2.29. The molecule has 4 aromatic rings. The van der Waals surface area contributed by atoms with E-state index in [0.717, 1.165) is 23.4 Å². The largest absolute Gasteiger partial charge is 0.326 e. The lowest BCUT2D eigenvalue weighted by atomic mass is 10.1.